The van der Waals surface area contributed by atoms with Crippen molar-refractivity contribution in [3.8, 4) is 6.07 Å². The first-order chi connectivity index (χ1) is 9.23. The van der Waals surface area contributed by atoms with Crippen molar-refractivity contribution in [2.45, 2.75) is 26.3 Å². The summed E-state index contributed by atoms with van der Waals surface area (Å²) in [5.41, 5.74) is -0.0697. The Morgan fingerprint density at radius 2 is 2.10 bits per heavy atom. The van der Waals surface area contributed by atoms with Gasteiger partial charge in [-0.3, -0.25) is 14.9 Å². The van der Waals surface area contributed by atoms with Gasteiger partial charge in [0.15, 0.2) is 0 Å². The number of hydrogen-bond acceptors (Lipinski definition) is 5. The molecule has 0 spiro atoms. The number of nitrogens with one attached hydrogen (secondary N) is 2. The maximum Gasteiger partial charge on any atom is 0.270 e. The number of anilines is 1. The Morgan fingerprint density at radius 3 is 2.60 bits per heavy atom. The van der Waals surface area contributed by atoms with E-state index >= 15 is 0 Å². The minimum Gasteiger partial charge on any atom is -0.324 e. The highest BCUT2D eigenvalue weighted by molar-refractivity contribution is 5.93. The van der Waals surface area contributed by atoms with Gasteiger partial charge in [-0.1, -0.05) is 0 Å². The van der Waals surface area contributed by atoms with Crippen LogP contribution in [0, 0.1) is 21.4 Å². The number of nitro groups is 1. The summed E-state index contributed by atoms with van der Waals surface area (Å²) in [7, 11) is 0. The molecule has 0 saturated heterocycles. The summed E-state index contributed by atoms with van der Waals surface area (Å²) in [5.74, 6) is -0.315. The van der Waals surface area contributed by atoms with Crippen LogP contribution in [0.3, 0.4) is 0 Å². The van der Waals surface area contributed by atoms with Crippen LogP contribution >= 0.6 is 0 Å². The maximum absolute atomic E-state index is 11.7. The first kappa shape index (κ1) is 15.6. The largest absolute Gasteiger partial charge is 0.324 e. The summed E-state index contributed by atoms with van der Waals surface area (Å²) in [6, 6.07) is 5.56. The van der Waals surface area contributed by atoms with Crippen molar-refractivity contribution < 1.29 is 9.72 Å². The van der Waals surface area contributed by atoms with Crippen molar-refractivity contribution in [3.63, 3.8) is 0 Å². The molecule has 1 amide bonds. The Hall–Kier alpha value is -2.46. The number of benzene rings is 1. The van der Waals surface area contributed by atoms with Crippen molar-refractivity contribution in [2.75, 3.05) is 11.9 Å². The third-order valence-electron chi connectivity index (χ3n) is 2.39. The molecular weight excluding hydrogens is 260 g/mol. The summed E-state index contributed by atoms with van der Waals surface area (Å²) in [5, 5.41) is 25.1. The van der Waals surface area contributed by atoms with Gasteiger partial charge in [0.05, 0.1) is 22.7 Å². The molecule has 1 aromatic carbocycles. The molecule has 2 N–H and O–H groups in total. The van der Waals surface area contributed by atoms with Crippen LogP contribution in [0.4, 0.5) is 11.4 Å². The average molecular weight is 276 g/mol. The molecule has 7 nitrogen and oxygen atoms in total. The molecule has 0 aliphatic rings. The van der Waals surface area contributed by atoms with Crippen LogP contribution in [0.5, 0.6) is 0 Å². The molecule has 1 rings (SSSR count). The smallest absolute Gasteiger partial charge is 0.270 e. The molecule has 0 aromatic heterocycles. The number of carbonyl (C=O) groups is 1. The van der Waals surface area contributed by atoms with Crippen molar-refractivity contribution in [1.82, 2.24) is 5.32 Å². The Kier molecular flexibility index (Phi) is 4.78. The first-order valence-corrected chi connectivity index (χ1v) is 5.96. The van der Waals surface area contributed by atoms with Crippen molar-refractivity contribution in [3.05, 3.63) is 33.9 Å². The van der Waals surface area contributed by atoms with E-state index in [4.69, 9.17) is 5.26 Å². The van der Waals surface area contributed by atoms with Gasteiger partial charge in [-0.05, 0) is 26.8 Å². The zero-order valence-corrected chi connectivity index (χ0v) is 11.6. The van der Waals surface area contributed by atoms with E-state index in [2.05, 4.69) is 10.6 Å². The SMILES string of the molecule is CC(C)(C)NCC(=O)Nc1ccc([N+](=O)[O-])cc1C#N. The summed E-state index contributed by atoms with van der Waals surface area (Å²) in [6.07, 6.45) is 0. The molecule has 0 bridgehead atoms. The quantitative estimate of drug-likeness (QED) is 0.643. The van der Waals surface area contributed by atoms with E-state index in [9.17, 15) is 14.9 Å². The van der Waals surface area contributed by atoms with E-state index in [1.54, 1.807) is 0 Å². The van der Waals surface area contributed by atoms with E-state index in [1.807, 2.05) is 26.8 Å². The minimum absolute atomic E-state index is 0.0586. The van der Waals surface area contributed by atoms with E-state index in [0.717, 1.165) is 6.07 Å². The summed E-state index contributed by atoms with van der Waals surface area (Å²) in [4.78, 5) is 21.8. The molecule has 0 aliphatic carbocycles. The van der Waals surface area contributed by atoms with Gasteiger partial charge in [0.2, 0.25) is 5.91 Å². The standard InChI is InChI=1S/C13H16N4O3/c1-13(2,3)15-8-12(18)16-11-5-4-10(17(19)20)6-9(11)7-14/h4-6,15H,8H2,1-3H3,(H,16,18). The molecule has 1 aromatic rings. The number of non-ortho nitro benzene ring substituents is 1. The second-order valence-electron chi connectivity index (χ2n) is 5.25. The highest BCUT2D eigenvalue weighted by Gasteiger charge is 2.14. The monoisotopic (exact) mass is 276 g/mol. The molecular formula is C13H16N4O3. The van der Waals surface area contributed by atoms with Crippen molar-refractivity contribution in [2.24, 2.45) is 0 Å². The van der Waals surface area contributed by atoms with Crippen LogP contribution in [0.25, 0.3) is 0 Å². The fourth-order valence-corrected chi connectivity index (χ4v) is 1.39. The highest BCUT2D eigenvalue weighted by Crippen LogP contribution is 2.21. The Balaban J connectivity index is 2.80. The third kappa shape index (κ3) is 4.66. The molecule has 0 heterocycles. The zero-order chi connectivity index (χ0) is 15.3. The lowest BCUT2D eigenvalue weighted by Crippen LogP contribution is -2.41. The topological polar surface area (TPSA) is 108 Å². The van der Waals surface area contributed by atoms with Crippen LogP contribution in [0.15, 0.2) is 18.2 Å². The fourth-order valence-electron chi connectivity index (χ4n) is 1.39. The molecule has 0 atom stereocenters. The van der Waals surface area contributed by atoms with E-state index < -0.39 is 4.92 Å². The van der Waals surface area contributed by atoms with Crippen molar-refractivity contribution >= 4 is 17.3 Å². The lowest BCUT2D eigenvalue weighted by Gasteiger charge is -2.20. The summed E-state index contributed by atoms with van der Waals surface area (Å²) in [6.45, 7) is 5.86. The van der Waals surface area contributed by atoms with E-state index in [0.29, 0.717) is 0 Å². The van der Waals surface area contributed by atoms with E-state index in [-0.39, 0.29) is 34.9 Å². The first-order valence-electron chi connectivity index (χ1n) is 5.96. The lowest BCUT2D eigenvalue weighted by molar-refractivity contribution is -0.384. The molecule has 0 unspecified atom stereocenters. The van der Waals surface area contributed by atoms with Crippen LogP contribution in [-0.4, -0.2) is 22.9 Å². The van der Waals surface area contributed by atoms with Gasteiger partial charge in [0.25, 0.3) is 5.69 Å². The molecule has 0 fully saturated rings. The number of amides is 1. The van der Waals surface area contributed by atoms with Gasteiger partial charge in [0.1, 0.15) is 6.07 Å². The van der Waals surface area contributed by atoms with Gasteiger partial charge < -0.3 is 10.6 Å². The Bertz CT molecular complexity index is 570. The maximum atomic E-state index is 11.7. The molecule has 20 heavy (non-hydrogen) atoms. The summed E-state index contributed by atoms with van der Waals surface area (Å²) >= 11 is 0. The predicted octanol–water partition coefficient (Wildman–Crippen LogP) is 1.79. The Morgan fingerprint density at radius 1 is 1.45 bits per heavy atom. The van der Waals surface area contributed by atoms with Gasteiger partial charge in [-0.15, -0.1) is 0 Å². The Labute approximate surface area is 116 Å². The van der Waals surface area contributed by atoms with Gasteiger partial charge in [0, 0.05) is 17.7 Å². The minimum atomic E-state index is -0.590. The lowest BCUT2D eigenvalue weighted by atomic mass is 10.1. The number of nitriles is 1. The number of rotatable bonds is 4. The van der Waals surface area contributed by atoms with Crippen LogP contribution in [0.1, 0.15) is 26.3 Å². The third-order valence-corrected chi connectivity index (χ3v) is 2.39. The molecule has 7 heteroatoms. The number of nitrogens with zero attached hydrogens (tertiary/aromatic N) is 2. The van der Waals surface area contributed by atoms with Crippen LogP contribution < -0.4 is 10.6 Å². The average Bonchev–Trinajstić information content (AvgIpc) is 2.35. The normalized spacial score (nSPS) is 10.7. The molecule has 106 valence electrons. The van der Waals surface area contributed by atoms with Gasteiger partial charge in [-0.2, -0.15) is 5.26 Å². The zero-order valence-electron chi connectivity index (χ0n) is 11.6. The number of carbonyl (C=O) groups excluding carboxylic acids is 1. The molecule has 0 radical (unpaired) electrons. The fraction of sp³-hybridized carbons (Fsp3) is 0.385. The predicted molar refractivity (Wildman–Crippen MR) is 74.2 cm³/mol. The number of hydrogen-bond donors (Lipinski definition) is 2. The number of nitro benzene ring substituents is 1. The summed E-state index contributed by atoms with van der Waals surface area (Å²) < 4.78 is 0. The van der Waals surface area contributed by atoms with E-state index in [1.165, 1.54) is 12.1 Å². The second-order valence-corrected chi connectivity index (χ2v) is 5.25. The molecule has 0 aliphatic heterocycles. The highest BCUT2D eigenvalue weighted by atomic mass is 16.6. The van der Waals surface area contributed by atoms with Crippen LogP contribution in [-0.2, 0) is 4.79 Å². The van der Waals surface area contributed by atoms with Crippen LogP contribution in [0.2, 0.25) is 0 Å². The van der Waals surface area contributed by atoms with Gasteiger partial charge in [-0.25, -0.2) is 0 Å². The van der Waals surface area contributed by atoms with Gasteiger partial charge >= 0.3 is 0 Å². The second kappa shape index (κ2) is 6.12. The van der Waals surface area contributed by atoms with Crippen molar-refractivity contribution in [1.29, 1.82) is 5.26 Å². The molecule has 0 saturated carbocycles.